The number of likely N-dealkylation sites (tertiary alicyclic amines) is 1. The third-order valence-electron chi connectivity index (χ3n) is 6.27. The van der Waals surface area contributed by atoms with Crippen LogP contribution in [0.4, 0.5) is 0 Å². The topological polar surface area (TPSA) is 75.4 Å². The minimum atomic E-state index is -0.872. The average molecular weight is 398 g/mol. The zero-order valence-electron chi connectivity index (χ0n) is 17.8. The van der Waals surface area contributed by atoms with Crippen LogP contribution < -0.4 is 0 Å². The number of aromatic nitrogens is 2. The molecule has 0 spiro atoms. The molecule has 6 nitrogen and oxygen atoms in total. The van der Waals surface area contributed by atoms with Gasteiger partial charge in [0.2, 0.25) is 5.91 Å². The van der Waals surface area contributed by atoms with Crippen molar-refractivity contribution in [2.45, 2.75) is 46.5 Å². The Bertz CT molecular complexity index is 895. The van der Waals surface area contributed by atoms with E-state index in [1.807, 2.05) is 49.5 Å². The summed E-state index contributed by atoms with van der Waals surface area (Å²) in [5, 5.41) is 13.8. The van der Waals surface area contributed by atoms with Gasteiger partial charge in [-0.3, -0.25) is 9.48 Å². The van der Waals surface area contributed by atoms with Gasteiger partial charge in [-0.05, 0) is 62.6 Å². The molecule has 1 atom stereocenters. The Hall–Kier alpha value is -2.63. The molecule has 1 aromatic heterocycles. The number of nitrogens with zero attached hydrogens (tertiary/aromatic N) is 3. The molecule has 0 bridgehead atoms. The number of hydrogen-bond donors (Lipinski definition) is 1. The summed E-state index contributed by atoms with van der Waals surface area (Å²) in [7, 11) is 1.94. The minimum Gasteiger partial charge on any atom is -0.478 e. The Morgan fingerprint density at radius 1 is 1.21 bits per heavy atom. The lowest BCUT2D eigenvalue weighted by Gasteiger charge is -2.34. The first-order valence-electron chi connectivity index (χ1n) is 10.4. The zero-order chi connectivity index (χ0) is 21.1. The first kappa shape index (κ1) is 21.1. The van der Waals surface area contributed by atoms with E-state index in [1.165, 1.54) is 5.56 Å². The molecule has 1 aromatic carbocycles. The summed E-state index contributed by atoms with van der Waals surface area (Å²) in [5.41, 5.74) is 4.58. The lowest BCUT2D eigenvalue weighted by molar-refractivity contribution is -0.136. The van der Waals surface area contributed by atoms with E-state index in [2.05, 4.69) is 5.10 Å². The van der Waals surface area contributed by atoms with E-state index in [1.54, 1.807) is 12.1 Å². The maximum absolute atomic E-state index is 13.0. The first-order valence-corrected chi connectivity index (χ1v) is 10.4. The molecule has 3 rings (SSSR count). The van der Waals surface area contributed by atoms with Gasteiger partial charge in [0.15, 0.2) is 0 Å². The average Bonchev–Trinajstić information content (AvgIpc) is 2.94. The van der Waals surface area contributed by atoms with Gasteiger partial charge in [0.05, 0.1) is 11.3 Å². The molecule has 2 heterocycles. The molecule has 6 heteroatoms. The number of aromatic carboxylic acids is 1. The van der Waals surface area contributed by atoms with E-state index in [9.17, 15) is 14.7 Å². The summed E-state index contributed by atoms with van der Waals surface area (Å²) in [5.74, 6) is -0.321. The van der Waals surface area contributed by atoms with Crippen molar-refractivity contribution in [1.29, 1.82) is 0 Å². The van der Waals surface area contributed by atoms with Crippen molar-refractivity contribution in [1.82, 2.24) is 14.7 Å². The van der Waals surface area contributed by atoms with E-state index in [0.29, 0.717) is 11.5 Å². The fourth-order valence-corrected chi connectivity index (χ4v) is 4.39. The van der Waals surface area contributed by atoms with E-state index in [0.717, 1.165) is 55.7 Å². The lowest BCUT2D eigenvalue weighted by Crippen LogP contribution is -2.42. The van der Waals surface area contributed by atoms with Crippen molar-refractivity contribution in [3.05, 3.63) is 52.3 Å². The molecule has 156 valence electrons. The Kier molecular flexibility index (Phi) is 6.40. The Morgan fingerprint density at radius 2 is 1.86 bits per heavy atom. The molecule has 1 amide bonds. The molecule has 1 unspecified atom stereocenters. The van der Waals surface area contributed by atoms with Gasteiger partial charge in [0, 0.05) is 31.7 Å². The number of benzene rings is 1. The van der Waals surface area contributed by atoms with Crippen LogP contribution in [0, 0.1) is 25.7 Å². The van der Waals surface area contributed by atoms with E-state index >= 15 is 0 Å². The zero-order valence-corrected chi connectivity index (χ0v) is 17.8. The molecular formula is C23H31N3O3. The highest BCUT2D eigenvalue weighted by Gasteiger charge is 2.28. The number of carbonyl (C=O) groups excluding carboxylic acids is 1. The van der Waals surface area contributed by atoms with Crippen molar-refractivity contribution in [2.75, 3.05) is 13.1 Å². The molecule has 0 aliphatic carbocycles. The summed E-state index contributed by atoms with van der Waals surface area (Å²) in [4.78, 5) is 26.4. The van der Waals surface area contributed by atoms with E-state index in [4.69, 9.17) is 0 Å². The van der Waals surface area contributed by atoms with Crippen LogP contribution in [0.5, 0.6) is 0 Å². The molecule has 0 radical (unpaired) electrons. The maximum Gasteiger partial charge on any atom is 0.335 e. The summed E-state index contributed by atoms with van der Waals surface area (Å²) >= 11 is 0. The molecule has 1 fully saturated rings. The number of carboxylic acids is 1. The highest BCUT2D eigenvalue weighted by atomic mass is 16.4. The van der Waals surface area contributed by atoms with Crippen LogP contribution in [0.2, 0.25) is 0 Å². The van der Waals surface area contributed by atoms with Crippen LogP contribution in [0.1, 0.15) is 52.6 Å². The number of hydrogen-bond acceptors (Lipinski definition) is 3. The van der Waals surface area contributed by atoms with Crippen molar-refractivity contribution >= 4 is 11.9 Å². The molecule has 1 aliphatic heterocycles. The molecule has 2 aromatic rings. The summed E-state index contributed by atoms with van der Waals surface area (Å²) in [6.07, 6.45) is 3.30. The number of rotatable bonds is 6. The van der Waals surface area contributed by atoms with Gasteiger partial charge in [-0.1, -0.05) is 25.1 Å². The van der Waals surface area contributed by atoms with Gasteiger partial charge in [-0.2, -0.15) is 5.10 Å². The second-order valence-corrected chi connectivity index (χ2v) is 8.31. The second kappa shape index (κ2) is 8.80. The Balaban J connectivity index is 1.56. The molecule has 1 saturated heterocycles. The van der Waals surface area contributed by atoms with Crippen LogP contribution >= 0.6 is 0 Å². The standard InChI is InChI=1S/C23H31N3O3/c1-15(13-21-16(2)24-25(4)17(21)3)22(27)26-11-9-18(10-12-26)14-19-7-5-6-8-20(19)23(28)29/h5-8,15,18H,9-14H2,1-4H3,(H,28,29). The molecular weight excluding hydrogens is 366 g/mol. The summed E-state index contributed by atoms with van der Waals surface area (Å²) < 4.78 is 1.88. The van der Waals surface area contributed by atoms with Crippen molar-refractivity contribution < 1.29 is 14.7 Å². The van der Waals surface area contributed by atoms with Crippen LogP contribution in [-0.2, 0) is 24.7 Å². The van der Waals surface area contributed by atoms with Crippen molar-refractivity contribution in [3.8, 4) is 0 Å². The molecule has 0 saturated carbocycles. The highest BCUT2D eigenvalue weighted by molar-refractivity contribution is 5.89. The maximum atomic E-state index is 13.0. The lowest BCUT2D eigenvalue weighted by atomic mass is 9.87. The van der Waals surface area contributed by atoms with Gasteiger partial charge in [-0.25, -0.2) is 4.79 Å². The molecule has 1 aliphatic rings. The quantitative estimate of drug-likeness (QED) is 0.811. The fraction of sp³-hybridized carbons (Fsp3) is 0.522. The fourth-order valence-electron chi connectivity index (χ4n) is 4.39. The molecule has 1 N–H and O–H groups in total. The number of carbonyl (C=O) groups is 2. The predicted molar refractivity (Wildman–Crippen MR) is 112 cm³/mol. The number of carboxylic acid groups (broad SMARTS) is 1. The normalized spacial score (nSPS) is 16.1. The van der Waals surface area contributed by atoms with Crippen LogP contribution in [-0.4, -0.2) is 44.8 Å². The third kappa shape index (κ3) is 4.69. The predicted octanol–water partition coefficient (Wildman–Crippen LogP) is 3.40. The largest absolute Gasteiger partial charge is 0.478 e. The van der Waals surface area contributed by atoms with Crippen LogP contribution in [0.3, 0.4) is 0 Å². The van der Waals surface area contributed by atoms with Gasteiger partial charge < -0.3 is 10.0 Å². The van der Waals surface area contributed by atoms with Gasteiger partial charge >= 0.3 is 5.97 Å². The third-order valence-corrected chi connectivity index (χ3v) is 6.27. The van der Waals surface area contributed by atoms with Gasteiger partial charge in [-0.15, -0.1) is 0 Å². The smallest absolute Gasteiger partial charge is 0.335 e. The first-order chi connectivity index (χ1) is 13.8. The molecule has 29 heavy (non-hydrogen) atoms. The van der Waals surface area contributed by atoms with E-state index < -0.39 is 5.97 Å². The monoisotopic (exact) mass is 397 g/mol. The Morgan fingerprint density at radius 3 is 2.45 bits per heavy atom. The van der Waals surface area contributed by atoms with Gasteiger partial charge in [0.1, 0.15) is 0 Å². The van der Waals surface area contributed by atoms with Crippen LogP contribution in [0.25, 0.3) is 0 Å². The number of piperidine rings is 1. The summed E-state index contributed by atoms with van der Waals surface area (Å²) in [6.45, 7) is 7.54. The number of amides is 1. The highest BCUT2D eigenvalue weighted by Crippen LogP contribution is 2.25. The summed E-state index contributed by atoms with van der Waals surface area (Å²) in [6, 6.07) is 7.23. The Labute approximate surface area is 172 Å². The van der Waals surface area contributed by atoms with E-state index in [-0.39, 0.29) is 11.8 Å². The van der Waals surface area contributed by atoms with Crippen LogP contribution in [0.15, 0.2) is 24.3 Å². The van der Waals surface area contributed by atoms with Gasteiger partial charge in [0.25, 0.3) is 0 Å². The van der Waals surface area contributed by atoms with Crippen molar-refractivity contribution in [2.24, 2.45) is 18.9 Å². The SMILES string of the molecule is Cc1nn(C)c(C)c1CC(C)C(=O)N1CCC(Cc2ccccc2C(=O)O)CC1. The minimum absolute atomic E-state index is 0.0686. The second-order valence-electron chi connectivity index (χ2n) is 8.31. The number of aryl methyl sites for hydroxylation is 2. The van der Waals surface area contributed by atoms with Crippen molar-refractivity contribution in [3.63, 3.8) is 0 Å².